The van der Waals surface area contributed by atoms with Gasteiger partial charge in [-0.05, 0) is 43.6 Å². The first-order chi connectivity index (χ1) is 8.56. The lowest BCUT2D eigenvalue weighted by Crippen LogP contribution is -2.39. The van der Waals surface area contributed by atoms with Gasteiger partial charge in [-0.2, -0.15) is 11.8 Å². The second-order valence-corrected chi connectivity index (χ2v) is 8.01. The molecule has 0 aromatic heterocycles. The van der Waals surface area contributed by atoms with Gasteiger partial charge in [0, 0.05) is 29.4 Å². The Balaban J connectivity index is 1.61. The Bertz CT molecular complexity index is 348. The molecule has 3 heteroatoms. The van der Waals surface area contributed by atoms with E-state index in [1.165, 1.54) is 31.6 Å². The standard InChI is InChI=1S/C15H25NOS/c1-14(2)11-5-6-15(14,13(17)8-11)10-18-9-12-4-3-7-16-12/h11-12,16H,3-10H2,1-2H3/t11?,12-,15?/m0/s1. The Morgan fingerprint density at radius 1 is 1.39 bits per heavy atom. The van der Waals surface area contributed by atoms with E-state index in [9.17, 15) is 4.79 Å². The highest BCUT2D eigenvalue weighted by atomic mass is 32.2. The highest BCUT2D eigenvalue weighted by Gasteiger charge is 2.63. The van der Waals surface area contributed by atoms with E-state index in [1.54, 1.807) is 0 Å². The van der Waals surface area contributed by atoms with Crippen molar-refractivity contribution in [2.24, 2.45) is 16.7 Å². The average Bonchev–Trinajstić information content (AvgIpc) is 2.95. The maximum atomic E-state index is 12.4. The van der Waals surface area contributed by atoms with E-state index < -0.39 is 0 Å². The lowest BCUT2D eigenvalue weighted by Gasteiger charge is -2.36. The number of Topliss-reactive ketones (excluding diaryl/α,β-unsaturated/α-hetero) is 1. The van der Waals surface area contributed by atoms with E-state index in [0.717, 1.165) is 18.6 Å². The molecule has 3 fully saturated rings. The van der Waals surface area contributed by atoms with Gasteiger partial charge in [0.1, 0.15) is 5.78 Å². The summed E-state index contributed by atoms with van der Waals surface area (Å²) >= 11 is 2.02. The number of hydrogen-bond donors (Lipinski definition) is 1. The number of rotatable bonds is 4. The molecule has 1 aliphatic heterocycles. The molecule has 3 rings (SSSR count). The molecule has 0 aromatic carbocycles. The van der Waals surface area contributed by atoms with Gasteiger partial charge in [-0.15, -0.1) is 0 Å². The lowest BCUT2D eigenvalue weighted by atomic mass is 9.70. The summed E-state index contributed by atoms with van der Waals surface area (Å²) in [6.07, 6.45) is 5.92. The third kappa shape index (κ3) is 1.77. The minimum absolute atomic E-state index is 0.0148. The number of carbonyl (C=O) groups is 1. The maximum absolute atomic E-state index is 12.4. The van der Waals surface area contributed by atoms with Crippen molar-refractivity contribution >= 4 is 17.5 Å². The number of hydrogen-bond acceptors (Lipinski definition) is 3. The van der Waals surface area contributed by atoms with Gasteiger partial charge in [0.25, 0.3) is 0 Å². The molecule has 2 aliphatic carbocycles. The summed E-state index contributed by atoms with van der Waals surface area (Å²) in [5.74, 6) is 3.48. The van der Waals surface area contributed by atoms with Crippen LogP contribution in [-0.2, 0) is 4.79 Å². The van der Waals surface area contributed by atoms with Crippen molar-refractivity contribution in [3.8, 4) is 0 Å². The van der Waals surface area contributed by atoms with Crippen molar-refractivity contribution in [3.63, 3.8) is 0 Å². The fourth-order valence-electron chi connectivity index (χ4n) is 4.38. The van der Waals surface area contributed by atoms with E-state index in [0.29, 0.717) is 17.7 Å². The Morgan fingerprint density at radius 3 is 2.78 bits per heavy atom. The summed E-state index contributed by atoms with van der Waals surface area (Å²) in [4.78, 5) is 12.4. The molecule has 0 aromatic rings. The number of ketones is 1. The molecule has 1 N–H and O–H groups in total. The summed E-state index contributed by atoms with van der Waals surface area (Å²) in [5, 5.41) is 3.55. The molecule has 2 saturated carbocycles. The van der Waals surface area contributed by atoms with E-state index >= 15 is 0 Å². The van der Waals surface area contributed by atoms with Crippen molar-refractivity contribution in [2.45, 2.75) is 52.0 Å². The topological polar surface area (TPSA) is 29.1 Å². The molecule has 18 heavy (non-hydrogen) atoms. The molecule has 0 amide bonds. The van der Waals surface area contributed by atoms with Crippen LogP contribution in [0.15, 0.2) is 0 Å². The number of thioether (sulfide) groups is 1. The summed E-state index contributed by atoms with van der Waals surface area (Å²) in [7, 11) is 0. The Labute approximate surface area is 115 Å². The molecule has 2 unspecified atom stereocenters. The summed E-state index contributed by atoms with van der Waals surface area (Å²) in [6, 6.07) is 0.697. The number of nitrogens with one attached hydrogen (secondary N) is 1. The van der Waals surface area contributed by atoms with Gasteiger partial charge in [0.15, 0.2) is 0 Å². The summed E-state index contributed by atoms with van der Waals surface area (Å²) in [6.45, 7) is 5.86. The van der Waals surface area contributed by atoms with E-state index in [2.05, 4.69) is 19.2 Å². The average molecular weight is 267 g/mol. The van der Waals surface area contributed by atoms with Crippen LogP contribution in [0, 0.1) is 16.7 Å². The van der Waals surface area contributed by atoms with E-state index in [-0.39, 0.29) is 10.8 Å². The van der Waals surface area contributed by atoms with Crippen molar-refractivity contribution in [2.75, 3.05) is 18.1 Å². The van der Waals surface area contributed by atoms with Gasteiger partial charge in [0.2, 0.25) is 0 Å². The SMILES string of the molecule is CC1(C)C2CCC1(CSC[C@@H]1CCCN1)C(=O)C2. The minimum atomic E-state index is 0.0148. The molecular weight excluding hydrogens is 242 g/mol. The molecule has 102 valence electrons. The summed E-state index contributed by atoms with van der Waals surface area (Å²) < 4.78 is 0. The predicted molar refractivity (Wildman–Crippen MR) is 76.9 cm³/mol. The second kappa shape index (κ2) is 4.52. The lowest BCUT2D eigenvalue weighted by molar-refractivity contribution is -0.127. The highest BCUT2D eigenvalue weighted by Crippen LogP contribution is 2.64. The van der Waals surface area contributed by atoms with Gasteiger partial charge >= 0.3 is 0 Å². The van der Waals surface area contributed by atoms with Crippen LogP contribution in [0.1, 0.15) is 46.0 Å². The summed E-state index contributed by atoms with van der Waals surface area (Å²) in [5.41, 5.74) is 0.265. The van der Waals surface area contributed by atoms with Crippen LogP contribution in [0.2, 0.25) is 0 Å². The first-order valence-electron chi connectivity index (χ1n) is 7.41. The number of carbonyl (C=O) groups excluding carboxylic acids is 1. The highest BCUT2D eigenvalue weighted by molar-refractivity contribution is 7.99. The quantitative estimate of drug-likeness (QED) is 0.849. The Kier molecular flexibility index (Phi) is 3.26. The van der Waals surface area contributed by atoms with Crippen molar-refractivity contribution < 1.29 is 4.79 Å². The monoisotopic (exact) mass is 267 g/mol. The predicted octanol–water partition coefficient (Wildman–Crippen LogP) is 2.87. The zero-order valence-corrected chi connectivity index (χ0v) is 12.4. The van der Waals surface area contributed by atoms with Crippen molar-refractivity contribution in [1.82, 2.24) is 5.32 Å². The fraction of sp³-hybridized carbons (Fsp3) is 0.933. The van der Waals surface area contributed by atoms with E-state index in [4.69, 9.17) is 0 Å². The molecule has 0 radical (unpaired) electrons. The van der Waals surface area contributed by atoms with E-state index in [1.807, 2.05) is 11.8 Å². The Morgan fingerprint density at radius 2 is 2.22 bits per heavy atom. The van der Waals surface area contributed by atoms with Gasteiger partial charge in [-0.1, -0.05) is 13.8 Å². The smallest absolute Gasteiger partial charge is 0.140 e. The third-order valence-corrected chi connectivity index (χ3v) is 7.30. The fourth-order valence-corrected chi connectivity index (χ4v) is 6.10. The Hall–Kier alpha value is -0.0200. The zero-order valence-electron chi connectivity index (χ0n) is 11.6. The van der Waals surface area contributed by atoms with Crippen LogP contribution in [0.4, 0.5) is 0 Å². The number of fused-ring (bicyclic) bond motifs is 2. The molecule has 2 nitrogen and oxygen atoms in total. The van der Waals surface area contributed by atoms with Crippen LogP contribution in [0.3, 0.4) is 0 Å². The van der Waals surface area contributed by atoms with Gasteiger partial charge < -0.3 is 5.32 Å². The van der Waals surface area contributed by atoms with Gasteiger partial charge in [0.05, 0.1) is 0 Å². The largest absolute Gasteiger partial charge is 0.313 e. The molecule has 1 saturated heterocycles. The van der Waals surface area contributed by atoms with Gasteiger partial charge in [-0.25, -0.2) is 0 Å². The first-order valence-corrected chi connectivity index (χ1v) is 8.56. The maximum Gasteiger partial charge on any atom is 0.140 e. The third-order valence-electron chi connectivity index (χ3n) is 5.97. The van der Waals surface area contributed by atoms with Crippen LogP contribution in [0.25, 0.3) is 0 Å². The normalized spacial score (nSPS) is 41.8. The van der Waals surface area contributed by atoms with Gasteiger partial charge in [-0.3, -0.25) is 4.79 Å². The molecular formula is C15H25NOS. The minimum Gasteiger partial charge on any atom is -0.313 e. The molecule has 1 heterocycles. The molecule has 0 spiro atoms. The van der Waals surface area contributed by atoms with Crippen LogP contribution in [0.5, 0.6) is 0 Å². The van der Waals surface area contributed by atoms with Crippen LogP contribution < -0.4 is 5.32 Å². The second-order valence-electron chi connectivity index (χ2n) is 6.98. The molecule has 2 bridgehead atoms. The van der Waals surface area contributed by atoms with Crippen molar-refractivity contribution in [3.05, 3.63) is 0 Å². The van der Waals surface area contributed by atoms with Crippen LogP contribution >= 0.6 is 11.8 Å². The first kappa shape index (κ1) is 13.0. The molecule has 3 atom stereocenters. The molecule has 3 aliphatic rings. The van der Waals surface area contributed by atoms with Crippen LogP contribution in [-0.4, -0.2) is 29.9 Å². The van der Waals surface area contributed by atoms with Crippen molar-refractivity contribution in [1.29, 1.82) is 0 Å². The zero-order chi connectivity index (χ0) is 12.8.